The zero-order chi connectivity index (χ0) is 27.5. The zero-order valence-electron chi connectivity index (χ0n) is 22.9. The quantitative estimate of drug-likeness (QED) is 0.273. The number of fused-ring (bicyclic) bond motifs is 4. The summed E-state index contributed by atoms with van der Waals surface area (Å²) in [6, 6.07) is 17.6. The summed E-state index contributed by atoms with van der Waals surface area (Å²) in [7, 11) is 0. The molecule has 204 valence electrons. The Morgan fingerprint density at radius 2 is 1.85 bits per heavy atom. The first-order valence-electron chi connectivity index (χ1n) is 13.8. The van der Waals surface area contributed by atoms with Gasteiger partial charge in [0.15, 0.2) is 5.11 Å². The predicted molar refractivity (Wildman–Crippen MR) is 163 cm³/mol. The molecule has 0 aliphatic carbocycles. The van der Waals surface area contributed by atoms with E-state index in [1.807, 2.05) is 34.9 Å². The Labute approximate surface area is 235 Å². The van der Waals surface area contributed by atoms with E-state index in [1.54, 1.807) is 6.07 Å². The van der Waals surface area contributed by atoms with Crippen molar-refractivity contribution in [2.45, 2.75) is 52.5 Å². The fourth-order valence-corrected chi connectivity index (χ4v) is 5.96. The molecule has 39 heavy (non-hydrogen) atoms. The lowest BCUT2D eigenvalue weighted by Gasteiger charge is -2.44. The SMILES string of the molecule is CCCCNC(=O)c1ccc(N2C[C@H]3C[C@@H](C2)c2cccc(=O)n2C3)c(NC(=S)Nc2ccc(C)c(C)c2)c1. The van der Waals surface area contributed by atoms with Gasteiger partial charge >= 0.3 is 0 Å². The number of carbonyl (C=O) groups is 1. The summed E-state index contributed by atoms with van der Waals surface area (Å²) in [6.07, 6.45) is 3.05. The highest BCUT2D eigenvalue weighted by molar-refractivity contribution is 7.80. The molecule has 2 atom stereocenters. The number of aryl methyl sites for hydroxylation is 2. The van der Waals surface area contributed by atoms with Crippen molar-refractivity contribution < 1.29 is 4.79 Å². The molecule has 1 amide bonds. The van der Waals surface area contributed by atoms with Crippen LogP contribution in [-0.2, 0) is 6.54 Å². The maximum absolute atomic E-state index is 12.9. The minimum Gasteiger partial charge on any atom is -0.369 e. The van der Waals surface area contributed by atoms with E-state index in [0.29, 0.717) is 23.1 Å². The first kappa shape index (κ1) is 26.9. The van der Waals surface area contributed by atoms with Crippen molar-refractivity contribution in [3.8, 4) is 0 Å². The van der Waals surface area contributed by atoms with Crippen molar-refractivity contribution in [2.24, 2.45) is 5.92 Å². The lowest BCUT2D eigenvalue weighted by Crippen LogP contribution is -2.47. The summed E-state index contributed by atoms with van der Waals surface area (Å²) < 4.78 is 1.95. The average molecular weight is 544 g/mol. The fraction of sp³-hybridized carbons (Fsp3) is 0.387. The summed E-state index contributed by atoms with van der Waals surface area (Å²) in [4.78, 5) is 27.8. The van der Waals surface area contributed by atoms with Crippen LogP contribution in [0.15, 0.2) is 59.4 Å². The minimum absolute atomic E-state index is 0.0826. The Morgan fingerprint density at radius 1 is 1.00 bits per heavy atom. The number of benzene rings is 2. The van der Waals surface area contributed by atoms with Gasteiger partial charge in [-0.25, -0.2) is 0 Å². The molecule has 7 nitrogen and oxygen atoms in total. The van der Waals surface area contributed by atoms with Gasteiger partial charge in [0.25, 0.3) is 11.5 Å². The monoisotopic (exact) mass is 543 g/mol. The highest BCUT2D eigenvalue weighted by Crippen LogP contribution is 2.39. The van der Waals surface area contributed by atoms with Gasteiger partial charge in [-0.2, -0.15) is 0 Å². The molecule has 2 aliphatic heterocycles. The lowest BCUT2D eigenvalue weighted by atomic mass is 9.83. The van der Waals surface area contributed by atoms with Gasteiger partial charge in [-0.1, -0.05) is 25.5 Å². The molecule has 3 N–H and O–H groups in total. The summed E-state index contributed by atoms with van der Waals surface area (Å²) in [6.45, 7) is 9.29. The molecule has 3 aromatic rings. The number of carbonyl (C=O) groups excluding carboxylic acids is 1. The Morgan fingerprint density at radius 3 is 2.64 bits per heavy atom. The largest absolute Gasteiger partial charge is 0.369 e. The number of nitrogens with zero attached hydrogens (tertiary/aromatic N) is 2. The second-order valence-electron chi connectivity index (χ2n) is 10.8. The van der Waals surface area contributed by atoms with Crippen molar-refractivity contribution in [3.63, 3.8) is 0 Å². The first-order chi connectivity index (χ1) is 18.8. The van der Waals surface area contributed by atoms with E-state index in [-0.39, 0.29) is 17.4 Å². The van der Waals surface area contributed by atoms with Gasteiger partial charge in [0, 0.05) is 55.1 Å². The Bertz CT molecular complexity index is 1450. The van der Waals surface area contributed by atoms with Crippen molar-refractivity contribution in [1.82, 2.24) is 9.88 Å². The average Bonchev–Trinajstić information content (AvgIpc) is 2.91. The molecule has 0 spiro atoms. The number of amides is 1. The van der Waals surface area contributed by atoms with Crippen LogP contribution < -0.4 is 26.4 Å². The summed E-state index contributed by atoms with van der Waals surface area (Å²) >= 11 is 5.72. The molecule has 2 bridgehead atoms. The second-order valence-corrected chi connectivity index (χ2v) is 11.2. The van der Waals surface area contributed by atoms with Crippen LogP contribution in [0, 0.1) is 19.8 Å². The number of hydrogen-bond donors (Lipinski definition) is 3. The molecule has 2 aliphatic rings. The van der Waals surface area contributed by atoms with Crippen molar-refractivity contribution >= 4 is 40.3 Å². The normalized spacial score (nSPS) is 17.8. The smallest absolute Gasteiger partial charge is 0.251 e. The van der Waals surface area contributed by atoms with E-state index in [4.69, 9.17) is 12.2 Å². The third kappa shape index (κ3) is 6.01. The third-order valence-corrected chi connectivity index (χ3v) is 8.11. The van der Waals surface area contributed by atoms with Crippen molar-refractivity contribution in [1.29, 1.82) is 0 Å². The topological polar surface area (TPSA) is 78.4 Å². The number of unbranched alkanes of at least 4 members (excludes halogenated alkanes) is 1. The first-order valence-corrected chi connectivity index (χ1v) is 14.3. The summed E-state index contributed by atoms with van der Waals surface area (Å²) in [5.74, 6) is 0.564. The van der Waals surface area contributed by atoms with Crippen LogP contribution in [0.2, 0.25) is 0 Å². The molecule has 8 heteroatoms. The number of hydrogen-bond acceptors (Lipinski definition) is 4. The van der Waals surface area contributed by atoms with Gasteiger partial charge in [0.1, 0.15) is 0 Å². The van der Waals surface area contributed by atoms with Gasteiger partial charge < -0.3 is 25.4 Å². The van der Waals surface area contributed by atoms with Crippen molar-refractivity contribution in [2.75, 3.05) is 35.2 Å². The number of rotatable bonds is 7. The highest BCUT2D eigenvalue weighted by atomic mass is 32.1. The van der Waals surface area contributed by atoms with E-state index < -0.39 is 0 Å². The molecule has 2 aromatic carbocycles. The van der Waals surface area contributed by atoms with E-state index in [1.165, 1.54) is 11.1 Å². The fourth-order valence-electron chi connectivity index (χ4n) is 5.73. The Balaban J connectivity index is 1.42. The van der Waals surface area contributed by atoms with Crippen LogP contribution >= 0.6 is 12.2 Å². The van der Waals surface area contributed by atoms with Gasteiger partial charge in [-0.3, -0.25) is 9.59 Å². The van der Waals surface area contributed by atoms with Gasteiger partial charge in [0.05, 0.1) is 11.4 Å². The Kier molecular flexibility index (Phi) is 8.02. The molecule has 0 unspecified atom stereocenters. The van der Waals surface area contributed by atoms with Crippen LogP contribution in [0.3, 0.4) is 0 Å². The minimum atomic E-state index is -0.0881. The van der Waals surface area contributed by atoms with E-state index in [9.17, 15) is 9.59 Å². The summed E-state index contributed by atoms with van der Waals surface area (Å²) in [5.41, 5.74) is 6.92. The van der Waals surface area contributed by atoms with E-state index in [0.717, 1.165) is 61.7 Å². The van der Waals surface area contributed by atoms with Gasteiger partial charge in [-0.05, 0) is 92.4 Å². The van der Waals surface area contributed by atoms with E-state index in [2.05, 4.69) is 59.8 Å². The number of piperidine rings is 1. The van der Waals surface area contributed by atoms with Crippen LogP contribution in [-0.4, -0.2) is 35.2 Å². The lowest BCUT2D eigenvalue weighted by molar-refractivity contribution is 0.0953. The number of thiocarbonyl (C=S) groups is 1. The molecule has 3 heterocycles. The third-order valence-electron chi connectivity index (χ3n) is 7.91. The number of aromatic nitrogens is 1. The Hall–Kier alpha value is -3.65. The maximum Gasteiger partial charge on any atom is 0.251 e. The highest BCUT2D eigenvalue weighted by Gasteiger charge is 2.35. The molecule has 5 rings (SSSR count). The predicted octanol–water partition coefficient (Wildman–Crippen LogP) is 5.43. The van der Waals surface area contributed by atoms with Gasteiger partial charge in [-0.15, -0.1) is 0 Å². The zero-order valence-corrected chi connectivity index (χ0v) is 23.7. The number of pyridine rings is 1. The molecule has 1 aromatic heterocycles. The molecule has 1 saturated heterocycles. The number of anilines is 3. The standard InChI is InChI=1S/C31H37N5O2S/c1-4-5-13-32-30(38)23-10-12-28(26(16-23)34-31(39)33-25-11-9-20(2)21(3)14-25)35-17-22-15-24(19-35)27-7-6-8-29(37)36(27)18-22/h6-12,14,16,22,24H,4-5,13,15,17-19H2,1-3H3,(H,32,38)(H2,33,34,39)/t22-,24+/m1/s1. The maximum atomic E-state index is 12.9. The molecular formula is C31H37N5O2S. The van der Waals surface area contributed by atoms with Crippen LogP contribution in [0.25, 0.3) is 0 Å². The van der Waals surface area contributed by atoms with Crippen LogP contribution in [0.4, 0.5) is 17.1 Å². The van der Waals surface area contributed by atoms with E-state index >= 15 is 0 Å². The van der Waals surface area contributed by atoms with Crippen molar-refractivity contribution in [3.05, 3.63) is 87.3 Å². The second kappa shape index (κ2) is 11.6. The van der Waals surface area contributed by atoms with Crippen LogP contribution in [0.5, 0.6) is 0 Å². The molecular weight excluding hydrogens is 506 g/mol. The molecule has 1 fully saturated rings. The molecule has 0 saturated carbocycles. The van der Waals surface area contributed by atoms with Crippen LogP contribution in [0.1, 0.15) is 59.3 Å². The summed E-state index contributed by atoms with van der Waals surface area (Å²) in [5, 5.41) is 10.2. The van der Waals surface area contributed by atoms with Gasteiger partial charge in [0.2, 0.25) is 0 Å². The molecule has 0 radical (unpaired) electrons. The number of nitrogens with one attached hydrogen (secondary N) is 3.